The lowest BCUT2D eigenvalue weighted by molar-refractivity contribution is 0.247. The van der Waals surface area contributed by atoms with Crippen molar-refractivity contribution in [3.8, 4) is 5.75 Å². The maximum atomic E-state index is 13.8. The molecule has 3 aromatic carbocycles. The number of phenols is 1. The van der Waals surface area contributed by atoms with E-state index < -0.39 is 17.4 Å². The normalized spacial score (nSPS) is 11.3. The Labute approximate surface area is 202 Å². The van der Waals surface area contributed by atoms with Gasteiger partial charge >= 0.3 is 0 Å². The molecule has 0 atom stereocenters. The van der Waals surface area contributed by atoms with Crippen molar-refractivity contribution in [3.05, 3.63) is 101 Å². The van der Waals surface area contributed by atoms with Crippen molar-refractivity contribution in [1.82, 2.24) is 9.88 Å². The summed E-state index contributed by atoms with van der Waals surface area (Å²) in [5.74, 6) is -2.13. The molecule has 4 aromatic rings. The first kappa shape index (κ1) is 23.9. The quantitative estimate of drug-likeness (QED) is 0.245. The molecule has 0 aliphatic carbocycles. The first-order valence-corrected chi connectivity index (χ1v) is 11.6. The van der Waals surface area contributed by atoms with Crippen molar-refractivity contribution >= 4 is 28.2 Å². The number of anilines is 1. The van der Waals surface area contributed by atoms with E-state index in [1.54, 1.807) is 6.20 Å². The second-order valence-electron chi connectivity index (χ2n) is 8.25. The number of aromatic hydroxyl groups is 1. The Morgan fingerprint density at radius 2 is 1.76 bits per heavy atom. The highest BCUT2D eigenvalue weighted by Crippen LogP contribution is 2.26. The van der Waals surface area contributed by atoms with E-state index in [4.69, 9.17) is 11.6 Å². The van der Waals surface area contributed by atoms with E-state index in [0.717, 1.165) is 41.5 Å². The van der Waals surface area contributed by atoms with Crippen LogP contribution in [0.25, 0.3) is 10.9 Å². The van der Waals surface area contributed by atoms with Crippen molar-refractivity contribution in [2.24, 2.45) is 0 Å². The molecule has 0 bridgehead atoms. The van der Waals surface area contributed by atoms with Crippen molar-refractivity contribution < 1.29 is 13.9 Å². The van der Waals surface area contributed by atoms with Crippen LogP contribution < -0.4 is 5.32 Å². The minimum Gasteiger partial charge on any atom is -0.505 e. The Bertz CT molecular complexity index is 1250. The number of rotatable bonds is 10. The van der Waals surface area contributed by atoms with Gasteiger partial charge in [-0.25, -0.2) is 8.78 Å². The van der Waals surface area contributed by atoms with Gasteiger partial charge in [-0.3, -0.25) is 9.88 Å². The molecule has 4 nitrogen and oxygen atoms in total. The van der Waals surface area contributed by atoms with Gasteiger partial charge in [0, 0.05) is 53.6 Å². The number of unbranched alkanes of at least 4 members (excludes halogenated alkanes) is 1. The summed E-state index contributed by atoms with van der Waals surface area (Å²) in [5, 5.41) is 15.2. The number of nitrogens with one attached hydrogen (secondary N) is 1. The fraction of sp³-hybridized carbons (Fsp3) is 0.222. The Balaban J connectivity index is 1.37. The van der Waals surface area contributed by atoms with Gasteiger partial charge in [0.2, 0.25) is 0 Å². The standard InChI is InChI=1S/C27H26ClF2N3O/c28-21-8-9-23-25(10-12-32-26(23)15-21)31-11-4-5-13-33(17-19-6-2-1-3-7-19)18-20-14-22(29)16-24(30)27(20)34/h1-3,6-10,12,14-16,34H,4-5,11,13,17-18H2,(H,31,32). The van der Waals surface area contributed by atoms with E-state index in [1.807, 2.05) is 54.6 Å². The summed E-state index contributed by atoms with van der Waals surface area (Å²) >= 11 is 6.07. The van der Waals surface area contributed by atoms with E-state index >= 15 is 0 Å². The molecule has 7 heteroatoms. The molecule has 176 valence electrons. The summed E-state index contributed by atoms with van der Waals surface area (Å²) < 4.78 is 27.6. The minimum absolute atomic E-state index is 0.244. The van der Waals surface area contributed by atoms with Crippen LogP contribution in [-0.4, -0.2) is 28.1 Å². The molecule has 0 aliphatic heterocycles. The number of aromatic nitrogens is 1. The topological polar surface area (TPSA) is 48.4 Å². The van der Waals surface area contributed by atoms with Crippen LogP contribution in [0.3, 0.4) is 0 Å². The Hall–Kier alpha value is -3.22. The zero-order valence-corrected chi connectivity index (χ0v) is 19.4. The number of phenolic OH excluding ortho intramolecular Hbond substituents is 1. The van der Waals surface area contributed by atoms with Crippen LogP contribution in [0, 0.1) is 11.6 Å². The maximum absolute atomic E-state index is 13.8. The highest BCUT2D eigenvalue weighted by Gasteiger charge is 2.14. The molecule has 2 N–H and O–H groups in total. The van der Waals surface area contributed by atoms with Crippen LogP contribution in [0.4, 0.5) is 14.5 Å². The minimum atomic E-state index is -0.940. The number of nitrogens with zero attached hydrogens (tertiary/aromatic N) is 2. The van der Waals surface area contributed by atoms with Crippen LogP contribution in [0.5, 0.6) is 5.75 Å². The number of hydrogen-bond acceptors (Lipinski definition) is 4. The molecule has 1 aromatic heterocycles. The summed E-state index contributed by atoms with van der Waals surface area (Å²) in [5.41, 5.74) is 3.18. The van der Waals surface area contributed by atoms with E-state index in [2.05, 4.69) is 15.2 Å². The highest BCUT2D eigenvalue weighted by molar-refractivity contribution is 6.31. The number of hydrogen-bond donors (Lipinski definition) is 2. The molecule has 0 amide bonds. The van der Waals surface area contributed by atoms with Gasteiger partial charge in [-0.05, 0) is 55.3 Å². The van der Waals surface area contributed by atoms with E-state index in [9.17, 15) is 13.9 Å². The predicted octanol–water partition coefficient (Wildman–Crippen LogP) is 6.77. The van der Waals surface area contributed by atoms with Gasteiger partial charge in [0.1, 0.15) is 5.82 Å². The number of halogens is 3. The van der Waals surface area contributed by atoms with Crippen molar-refractivity contribution in [1.29, 1.82) is 0 Å². The second-order valence-corrected chi connectivity index (χ2v) is 8.68. The molecule has 0 saturated heterocycles. The van der Waals surface area contributed by atoms with Gasteiger partial charge in [0.15, 0.2) is 11.6 Å². The summed E-state index contributed by atoms with van der Waals surface area (Å²) in [4.78, 5) is 6.45. The lowest BCUT2D eigenvalue weighted by Crippen LogP contribution is -2.24. The Morgan fingerprint density at radius 3 is 2.59 bits per heavy atom. The highest BCUT2D eigenvalue weighted by atomic mass is 35.5. The zero-order chi connectivity index (χ0) is 23.9. The van der Waals surface area contributed by atoms with E-state index in [0.29, 0.717) is 24.2 Å². The van der Waals surface area contributed by atoms with Gasteiger partial charge in [-0.2, -0.15) is 0 Å². The molecule has 4 rings (SSSR count). The third kappa shape index (κ3) is 6.22. The van der Waals surface area contributed by atoms with E-state index in [1.165, 1.54) is 6.07 Å². The summed E-state index contributed by atoms with van der Waals surface area (Å²) in [7, 11) is 0. The molecular formula is C27H26ClF2N3O. The molecule has 0 aliphatic rings. The zero-order valence-electron chi connectivity index (χ0n) is 18.6. The first-order chi connectivity index (χ1) is 16.5. The molecule has 0 fully saturated rings. The number of fused-ring (bicyclic) bond motifs is 1. The fourth-order valence-electron chi connectivity index (χ4n) is 4.00. The summed E-state index contributed by atoms with van der Waals surface area (Å²) in [6.07, 6.45) is 3.52. The summed E-state index contributed by atoms with van der Waals surface area (Å²) in [6, 6.07) is 19.4. The molecular weight excluding hydrogens is 456 g/mol. The molecule has 34 heavy (non-hydrogen) atoms. The molecule has 0 unspecified atom stereocenters. The average Bonchev–Trinajstić information content (AvgIpc) is 2.82. The SMILES string of the molecule is Oc1c(F)cc(F)cc1CN(CCCCNc1ccnc2cc(Cl)ccc12)Cc1ccccc1. The fourth-order valence-corrected chi connectivity index (χ4v) is 4.16. The second kappa shape index (κ2) is 11.3. The van der Waals surface area contributed by atoms with Crippen LogP contribution in [-0.2, 0) is 13.1 Å². The Morgan fingerprint density at radius 1 is 0.941 bits per heavy atom. The van der Waals surface area contributed by atoms with Gasteiger partial charge in [0.25, 0.3) is 0 Å². The number of benzene rings is 3. The van der Waals surface area contributed by atoms with Crippen LogP contribution in [0.15, 0.2) is 72.9 Å². The van der Waals surface area contributed by atoms with Crippen LogP contribution in [0.1, 0.15) is 24.0 Å². The molecule has 0 saturated carbocycles. The van der Waals surface area contributed by atoms with Gasteiger partial charge in [-0.1, -0.05) is 41.9 Å². The van der Waals surface area contributed by atoms with Crippen molar-refractivity contribution in [2.75, 3.05) is 18.4 Å². The predicted molar refractivity (Wildman–Crippen MR) is 133 cm³/mol. The van der Waals surface area contributed by atoms with Gasteiger partial charge in [0.05, 0.1) is 5.52 Å². The third-order valence-corrected chi connectivity index (χ3v) is 5.91. The lowest BCUT2D eigenvalue weighted by Gasteiger charge is -2.23. The lowest BCUT2D eigenvalue weighted by atomic mass is 10.1. The van der Waals surface area contributed by atoms with Gasteiger partial charge in [-0.15, -0.1) is 0 Å². The first-order valence-electron chi connectivity index (χ1n) is 11.2. The van der Waals surface area contributed by atoms with Crippen molar-refractivity contribution in [2.45, 2.75) is 25.9 Å². The molecule has 1 heterocycles. The maximum Gasteiger partial charge on any atom is 0.168 e. The molecule has 0 spiro atoms. The van der Waals surface area contributed by atoms with Crippen molar-refractivity contribution in [3.63, 3.8) is 0 Å². The van der Waals surface area contributed by atoms with Crippen LogP contribution in [0.2, 0.25) is 5.02 Å². The largest absolute Gasteiger partial charge is 0.505 e. The monoisotopic (exact) mass is 481 g/mol. The number of pyridine rings is 1. The smallest absolute Gasteiger partial charge is 0.168 e. The van der Waals surface area contributed by atoms with Gasteiger partial charge < -0.3 is 10.4 Å². The summed E-state index contributed by atoms with van der Waals surface area (Å²) in [6.45, 7) is 2.34. The Kier molecular flexibility index (Phi) is 7.93. The van der Waals surface area contributed by atoms with E-state index in [-0.39, 0.29) is 12.1 Å². The van der Waals surface area contributed by atoms with Crippen LogP contribution >= 0.6 is 11.6 Å². The molecule has 0 radical (unpaired) electrons. The average molecular weight is 482 g/mol. The third-order valence-electron chi connectivity index (χ3n) is 5.67.